The Hall–Kier alpha value is -1.55. The minimum atomic E-state index is 0.100. The lowest BCUT2D eigenvalue weighted by Gasteiger charge is -2.21. The Labute approximate surface area is 107 Å². The fraction of sp³-hybridized carbons (Fsp3) is 0.500. The first-order chi connectivity index (χ1) is 8.77. The van der Waals surface area contributed by atoms with Crippen LogP contribution in [0.1, 0.15) is 18.4 Å². The normalized spacial score (nSPS) is 19.4. The molecule has 1 aliphatic rings. The Morgan fingerprint density at radius 2 is 2.28 bits per heavy atom. The molecule has 0 radical (unpaired) electrons. The van der Waals surface area contributed by atoms with E-state index in [1.54, 1.807) is 12.1 Å². The highest BCUT2D eigenvalue weighted by Crippen LogP contribution is 2.15. The fourth-order valence-corrected chi connectivity index (χ4v) is 2.26. The number of carbonyl (C=O) groups excluding carboxylic acids is 1. The summed E-state index contributed by atoms with van der Waals surface area (Å²) >= 11 is 0. The molecule has 1 amide bonds. The van der Waals surface area contributed by atoms with Crippen LogP contribution in [0, 0.1) is 5.92 Å². The molecule has 1 atom stereocenters. The van der Waals surface area contributed by atoms with Crippen molar-refractivity contribution >= 4 is 5.91 Å². The van der Waals surface area contributed by atoms with Crippen LogP contribution in [0.4, 0.5) is 0 Å². The highest BCUT2D eigenvalue weighted by Gasteiger charge is 2.20. The average Bonchev–Trinajstić information content (AvgIpc) is 2.42. The predicted molar refractivity (Wildman–Crippen MR) is 70.4 cm³/mol. The van der Waals surface area contributed by atoms with Gasteiger partial charge in [0.2, 0.25) is 5.91 Å². The van der Waals surface area contributed by atoms with Crippen LogP contribution >= 0.6 is 0 Å². The lowest BCUT2D eigenvalue weighted by atomic mass is 9.99. The molecule has 2 rings (SSSR count). The number of piperidine rings is 1. The maximum absolute atomic E-state index is 11.9. The summed E-state index contributed by atoms with van der Waals surface area (Å²) in [7, 11) is 0. The predicted octanol–water partition coefficient (Wildman–Crippen LogP) is 1.05. The maximum Gasteiger partial charge on any atom is 0.224 e. The summed E-state index contributed by atoms with van der Waals surface area (Å²) in [6, 6.07) is 7.24. The first-order valence-corrected chi connectivity index (χ1v) is 6.52. The summed E-state index contributed by atoms with van der Waals surface area (Å²) in [5.74, 6) is 0.520. The Bertz CT molecular complexity index is 401. The van der Waals surface area contributed by atoms with Gasteiger partial charge in [-0.15, -0.1) is 0 Å². The summed E-state index contributed by atoms with van der Waals surface area (Å²) in [4.78, 5) is 11.9. The van der Waals surface area contributed by atoms with E-state index < -0.39 is 0 Å². The Morgan fingerprint density at radius 1 is 1.44 bits per heavy atom. The fourth-order valence-electron chi connectivity index (χ4n) is 2.26. The first-order valence-electron chi connectivity index (χ1n) is 6.52. The molecule has 0 aliphatic carbocycles. The molecule has 1 unspecified atom stereocenters. The SMILES string of the molecule is O=C(NCCc1ccccc1O)C1CCCNC1. The molecule has 1 saturated heterocycles. The highest BCUT2D eigenvalue weighted by atomic mass is 16.3. The van der Waals surface area contributed by atoms with E-state index in [1.807, 2.05) is 12.1 Å². The second-order valence-corrected chi connectivity index (χ2v) is 4.71. The van der Waals surface area contributed by atoms with E-state index in [1.165, 1.54) is 0 Å². The third kappa shape index (κ3) is 3.47. The lowest BCUT2D eigenvalue weighted by Crippen LogP contribution is -2.41. The van der Waals surface area contributed by atoms with Crippen LogP contribution < -0.4 is 10.6 Å². The van der Waals surface area contributed by atoms with Crippen molar-refractivity contribution in [1.29, 1.82) is 0 Å². The van der Waals surface area contributed by atoms with Crippen molar-refractivity contribution in [1.82, 2.24) is 10.6 Å². The monoisotopic (exact) mass is 248 g/mol. The van der Waals surface area contributed by atoms with Crippen molar-refractivity contribution < 1.29 is 9.90 Å². The van der Waals surface area contributed by atoms with E-state index >= 15 is 0 Å². The van der Waals surface area contributed by atoms with Crippen LogP contribution in [0.5, 0.6) is 5.75 Å². The van der Waals surface area contributed by atoms with E-state index in [0.29, 0.717) is 18.7 Å². The first kappa shape index (κ1) is 12.9. The number of carbonyl (C=O) groups is 1. The van der Waals surface area contributed by atoms with Crippen molar-refractivity contribution in [2.24, 2.45) is 5.92 Å². The van der Waals surface area contributed by atoms with Gasteiger partial charge >= 0.3 is 0 Å². The molecule has 18 heavy (non-hydrogen) atoms. The molecule has 4 heteroatoms. The van der Waals surface area contributed by atoms with Crippen LogP contribution in [0.2, 0.25) is 0 Å². The average molecular weight is 248 g/mol. The smallest absolute Gasteiger partial charge is 0.224 e. The van der Waals surface area contributed by atoms with Gasteiger partial charge in [-0.25, -0.2) is 0 Å². The number of aromatic hydroxyl groups is 1. The third-order valence-electron chi connectivity index (χ3n) is 3.35. The van der Waals surface area contributed by atoms with Crippen LogP contribution in [0.15, 0.2) is 24.3 Å². The number of phenolic OH excluding ortho intramolecular Hbond substituents is 1. The van der Waals surface area contributed by atoms with Gasteiger partial charge < -0.3 is 15.7 Å². The summed E-state index contributed by atoms with van der Waals surface area (Å²) in [6.07, 6.45) is 2.70. The standard InChI is InChI=1S/C14H20N2O2/c17-13-6-2-1-4-11(13)7-9-16-14(18)12-5-3-8-15-10-12/h1-2,4,6,12,15,17H,3,5,7-10H2,(H,16,18). The zero-order valence-corrected chi connectivity index (χ0v) is 10.5. The molecule has 1 fully saturated rings. The van der Waals surface area contributed by atoms with Gasteiger partial charge in [-0.1, -0.05) is 18.2 Å². The highest BCUT2D eigenvalue weighted by molar-refractivity contribution is 5.78. The summed E-state index contributed by atoms with van der Waals surface area (Å²) in [5.41, 5.74) is 0.875. The molecule has 1 aliphatic heterocycles. The number of benzene rings is 1. The van der Waals surface area contributed by atoms with Crippen molar-refractivity contribution in [2.75, 3.05) is 19.6 Å². The number of hydrogen-bond donors (Lipinski definition) is 3. The Balaban J connectivity index is 1.75. The topological polar surface area (TPSA) is 61.4 Å². The number of hydrogen-bond acceptors (Lipinski definition) is 3. The van der Waals surface area contributed by atoms with Crippen molar-refractivity contribution in [3.05, 3.63) is 29.8 Å². The molecule has 0 bridgehead atoms. The van der Waals surface area contributed by atoms with E-state index in [0.717, 1.165) is 31.5 Å². The quantitative estimate of drug-likeness (QED) is 0.746. The molecule has 1 heterocycles. The lowest BCUT2D eigenvalue weighted by molar-refractivity contribution is -0.125. The zero-order valence-electron chi connectivity index (χ0n) is 10.5. The summed E-state index contributed by atoms with van der Waals surface area (Å²) < 4.78 is 0. The van der Waals surface area contributed by atoms with Gasteiger partial charge in [0.25, 0.3) is 0 Å². The summed E-state index contributed by atoms with van der Waals surface area (Å²) in [6.45, 7) is 2.37. The van der Waals surface area contributed by atoms with Gasteiger partial charge in [0, 0.05) is 13.1 Å². The van der Waals surface area contributed by atoms with Crippen molar-refractivity contribution in [3.8, 4) is 5.75 Å². The van der Waals surface area contributed by atoms with E-state index in [2.05, 4.69) is 10.6 Å². The van der Waals surface area contributed by atoms with E-state index in [-0.39, 0.29) is 11.8 Å². The van der Waals surface area contributed by atoms with Gasteiger partial charge in [0.15, 0.2) is 0 Å². The summed E-state index contributed by atoms with van der Waals surface area (Å²) in [5, 5.41) is 15.8. The molecule has 1 aromatic rings. The van der Waals surface area contributed by atoms with E-state index in [4.69, 9.17) is 0 Å². The molecular weight excluding hydrogens is 228 g/mol. The molecule has 0 aromatic heterocycles. The van der Waals surface area contributed by atoms with Crippen LogP contribution in [0.25, 0.3) is 0 Å². The van der Waals surface area contributed by atoms with E-state index in [9.17, 15) is 9.90 Å². The number of phenols is 1. The van der Waals surface area contributed by atoms with Crippen molar-refractivity contribution in [3.63, 3.8) is 0 Å². The molecule has 0 spiro atoms. The van der Waals surface area contributed by atoms with Gasteiger partial charge in [-0.3, -0.25) is 4.79 Å². The van der Waals surface area contributed by atoms with Gasteiger partial charge in [-0.05, 0) is 37.4 Å². The zero-order chi connectivity index (χ0) is 12.8. The minimum Gasteiger partial charge on any atom is -0.508 e. The van der Waals surface area contributed by atoms with Crippen LogP contribution in [-0.4, -0.2) is 30.6 Å². The molecule has 4 nitrogen and oxygen atoms in total. The van der Waals surface area contributed by atoms with Crippen LogP contribution in [0.3, 0.4) is 0 Å². The van der Waals surface area contributed by atoms with Crippen LogP contribution in [-0.2, 0) is 11.2 Å². The molecule has 98 valence electrons. The number of rotatable bonds is 4. The van der Waals surface area contributed by atoms with Gasteiger partial charge in [-0.2, -0.15) is 0 Å². The Kier molecular flexibility index (Phi) is 4.59. The largest absolute Gasteiger partial charge is 0.508 e. The number of nitrogens with one attached hydrogen (secondary N) is 2. The molecule has 0 saturated carbocycles. The van der Waals surface area contributed by atoms with Gasteiger partial charge in [0.1, 0.15) is 5.75 Å². The molecule has 1 aromatic carbocycles. The second-order valence-electron chi connectivity index (χ2n) is 4.71. The minimum absolute atomic E-state index is 0.100. The van der Waals surface area contributed by atoms with Gasteiger partial charge in [0.05, 0.1) is 5.92 Å². The number of para-hydroxylation sites is 1. The molecular formula is C14H20N2O2. The number of amides is 1. The van der Waals surface area contributed by atoms with Crippen molar-refractivity contribution in [2.45, 2.75) is 19.3 Å². The molecule has 3 N–H and O–H groups in total. The maximum atomic E-state index is 11.9. The second kappa shape index (κ2) is 6.40. The third-order valence-corrected chi connectivity index (χ3v) is 3.35. The Morgan fingerprint density at radius 3 is 3.00 bits per heavy atom.